The Morgan fingerprint density at radius 1 is 0.963 bits per heavy atom. The summed E-state index contributed by atoms with van der Waals surface area (Å²) < 4.78 is 0. The minimum absolute atomic E-state index is 0.0305. The third-order valence-electron chi connectivity index (χ3n) is 3.31. The molecule has 0 spiro atoms. The number of aliphatic carboxylic acids is 2. The summed E-state index contributed by atoms with van der Waals surface area (Å²) in [6.07, 6.45) is -0.425. The fraction of sp³-hybridized carbons (Fsp3) is 0.667. The van der Waals surface area contributed by atoms with Crippen LogP contribution in [0, 0.1) is 5.92 Å². The monoisotopic (exact) mass is 390 g/mol. The molecule has 0 rings (SSSR count). The molecule has 0 aliphatic carbocycles. The minimum Gasteiger partial charge on any atom is -0.481 e. The lowest BCUT2D eigenvalue weighted by Gasteiger charge is -2.22. The molecule has 8 N–H and O–H groups in total. The number of aliphatic hydroxyl groups is 1. The van der Waals surface area contributed by atoms with Crippen molar-refractivity contribution in [2.75, 3.05) is 13.2 Å². The SMILES string of the molecule is CC(C)CC(NC(=O)CNC(=O)C(N)CC(=O)O)C(=O)NC(CO)C(=O)O. The van der Waals surface area contributed by atoms with Gasteiger partial charge < -0.3 is 37.0 Å². The number of carboxylic acids is 2. The molecule has 0 aromatic rings. The van der Waals surface area contributed by atoms with Crippen LogP contribution in [0.1, 0.15) is 26.7 Å². The summed E-state index contributed by atoms with van der Waals surface area (Å²) in [5, 5.41) is 33.0. The quantitative estimate of drug-likeness (QED) is 0.181. The van der Waals surface area contributed by atoms with Crippen molar-refractivity contribution < 1.29 is 39.3 Å². The molecule has 12 nitrogen and oxygen atoms in total. The zero-order chi connectivity index (χ0) is 21.1. The molecule has 27 heavy (non-hydrogen) atoms. The summed E-state index contributed by atoms with van der Waals surface area (Å²) in [5.74, 6) is -5.12. The summed E-state index contributed by atoms with van der Waals surface area (Å²) >= 11 is 0. The average molecular weight is 390 g/mol. The Labute approximate surface area is 155 Å². The van der Waals surface area contributed by atoms with Crippen LogP contribution < -0.4 is 21.7 Å². The number of carboxylic acid groups (broad SMARTS) is 2. The summed E-state index contributed by atoms with van der Waals surface area (Å²) in [6, 6.07) is -3.93. The van der Waals surface area contributed by atoms with Crippen LogP contribution in [-0.2, 0) is 24.0 Å². The number of rotatable bonds is 12. The van der Waals surface area contributed by atoms with Crippen LogP contribution in [0.2, 0.25) is 0 Å². The van der Waals surface area contributed by atoms with Crippen LogP contribution in [0.15, 0.2) is 0 Å². The molecule has 0 fully saturated rings. The Morgan fingerprint density at radius 3 is 2.00 bits per heavy atom. The van der Waals surface area contributed by atoms with E-state index >= 15 is 0 Å². The molecule has 0 heterocycles. The lowest BCUT2D eigenvalue weighted by atomic mass is 10.0. The van der Waals surface area contributed by atoms with Gasteiger partial charge in [-0.3, -0.25) is 19.2 Å². The maximum absolute atomic E-state index is 12.2. The molecule has 12 heteroatoms. The highest BCUT2D eigenvalue weighted by Crippen LogP contribution is 2.05. The number of amides is 3. The molecular formula is C15H26N4O8. The molecule has 0 aromatic carbocycles. The van der Waals surface area contributed by atoms with Crippen molar-refractivity contribution in [3.05, 3.63) is 0 Å². The topological polar surface area (TPSA) is 208 Å². The molecular weight excluding hydrogens is 364 g/mol. The smallest absolute Gasteiger partial charge is 0.328 e. The van der Waals surface area contributed by atoms with Crippen molar-refractivity contribution in [3.8, 4) is 0 Å². The predicted molar refractivity (Wildman–Crippen MR) is 91.3 cm³/mol. The molecule has 0 saturated carbocycles. The van der Waals surface area contributed by atoms with E-state index in [0.717, 1.165) is 0 Å². The first-order valence-electron chi connectivity index (χ1n) is 8.16. The zero-order valence-electron chi connectivity index (χ0n) is 15.1. The van der Waals surface area contributed by atoms with Crippen LogP contribution >= 0.6 is 0 Å². The van der Waals surface area contributed by atoms with E-state index in [1.165, 1.54) is 0 Å². The second-order valence-electron chi connectivity index (χ2n) is 6.25. The average Bonchev–Trinajstić information content (AvgIpc) is 2.55. The number of nitrogens with two attached hydrogens (primary N) is 1. The van der Waals surface area contributed by atoms with Gasteiger partial charge in [0.1, 0.15) is 12.1 Å². The van der Waals surface area contributed by atoms with Gasteiger partial charge in [-0.15, -0.1) is 0 Å². The van der Waals surface area contributed by atoms with Gasteiger partial charge in [0.15, 0.2) is 0 Å². The lowest BCUT2D eigenvalue weighted by Crippen LogP contribution is -2.54. The van der Waals surface area contributed by atoms with Gasteiger partial charge >= 0.3 is 11.9 Å². The van der Waals surface area contributed by atoms with Gasteiger partial charge in [0.25, 0.3) is 0 Å². The molecule has 154 valence electrons. The summed E-state index contributed by atoms with van der Waals surface area (Å²) in [7, 11) is 0. The molecule has 3 unspecified atom stereocenters. The first kappa shape index (κ1) is 24.3. The van der Waals surface area contributed by atoms with Crippen molar-refractivity contribution in [3.63, 3.8) is 0 Å². The van der Waals surface area contributed by atoms with E-state index in [-0.39, 0.29) is 12.3 Å². The minimum atomic E-state index is -1.52. The van der Waals surface area contributed by atoms with E-state index in [2.05, 4.69) is 16.0 Å². The van der Waals surface area contributed by atoms with Gasteiger partial charge in [-0.05, 0) is 12.3 Å². The van der Waals surface area contributed by atoms with Gasteiger partial charge in [-0.2, -0.15) is 0 Å². The number of hydrogen-bond acceptors (Lipinski definition) is 7. The third kappa shape index (κ3) is 10.1. The Hall–Kier alpha value is -2.73. The summed E-state index contributed by atoms with van der Waals surface area (Å²) in [4.78, 5) is 57.1. The Morgan fingerprint density at radius 2 is 1.56 bits per heavy atom. The van der Waals surface area contributed by atoms with E-state index in [0.29, 0.717) is 0 Å². The van der Waals surface area contributed by atoms with Crippen LogP contribution in [0.3, 0.4) is 0 Å². The van der Waals surface area contributed by atoms with Gasteiger partial charge in [-0.1, -0.05) is 13.8 Å². The van der Waals surface area contributed by atoms with E-state index in [9.17, 15) is 24.0 Å². The molecule has 0 aliphatic rings. The van der Waals surface area contributed by atoms with Crippen molar-refractivity contribution in [1.82, 2.24) is 16.0 Å². The molecule has 0 bridgehead atoms. The second-order valence-corrected chi connectivity index (χ2v) is 6.25. The van der Waals surface area contributed by atoms with E-state index in [1.54, 1.807) is 13.8 Å². The fourth-order valence-electron chi connectivity index (χ4n) is 1.99. The Balaban J connectivity index is 4.77. The summed E-state index contributed by atoms with van der Waals surface area (Å²) in [6.45, 7) is 2.19. The number of carbonyl (C=O) groups excluding carboxylic acids is 3. The lowest BCUT2D eigenvalue weighted by molar-refractivity contribution is -0.143. The molecule has 3 atom stereocenters. The highest BCUT2D eigenvalue weighted by Gasteiger charge is 2.27. The van der Waals surface area contributed by atoms with Gasteiger partial charge in [0.2, 0.25) is 17.7 Å². The Bertz CT molecular complexity index is 566. The molecule has 0 saturated heterocycles. The van der Waals surface area contributed by atoms with Crippen molar-refractivity contribution in [1.29, 1.82) is 0 Å². The van der Waals surface area contributed by atoms with Crippen molar-refractivity contribution >= 4 is 29.7 Å². The summed E-state index contributed by atoms with van der Waals surface area (Å²) in [5.41, 5.74) is 5.35. The van der Waals surface area contributed by atoms with Gasteiger partial charge in [0, 0.05) is 0 Å². The van der Waals surface area contributed by atoms with Crippen molar-refractivity contribution in [2.45, 2.75) is 44.8 Å². The highest BCUT2D eigenvalue weighted by atomic mass is 16.4. The predicted octanol–water partition coefficient (Wildman–Crippen LogP) is -3.00. The van der Waals surface area contributed by atoms with Crippen molar-refractivity contribution in [2.24, 2.45) is 11.7 Å². The van der Waals surface area contributed by atoms with E-state index in [1.807, 2.05) is 0 Å². The fourth-order valence-corrected chi connectivity index (χ4v) is 1.99. The third-order valence-corrected chi connectivity index (χ3v) is 3.31. The van der Waals surface area contributed by atoms with Gasteiger partial charge in [-0.25, -0.2) is 4.79 Å². The number of aliphatic hydroxyl groups excluding tert-OH is 1. The van der Waals surface area contributed by atoms with Crippen LogP contribution in [0.4, 0.5) is 0 Å². The maximum Gasteiger partial charge on any atom is 0.328 e. The highest BCUT2D eigenvalue weighted by molar-refractivity contribution is 5.93. The molecule has 3 amide bonds. The van der Waals surface area contributed by atoms with E-state index in [4.69, 9.17) is 21.1 Å². The van der Waals surface area contributed by atoms with Crippen LogP contribution in [0.5, 0.6) is 0 Å². The maximum atomic E-state index is 12.2. The molecule has 0 aliphatic heterocycles. The molecule has 0 radical (unpaired) electrons. The number of carbonyl (C=O) groups is 5. The standard InChI is InChI=1S/C15H26N4O8/c1-7(2)3-9(14(25)19-10(6-20)15(26)27)18-11(21)5-17-13(24)8(16)4-12(22)23/h7-10,20H,3-6,16H2,1-2H3,(H,17,24)(H,18,21)(H,19,25)(H,22,23)(H,26,27). The van der Waals surface area contributed by atoms with E-state index < -0.39 is 67.4 Å². The second kappa shape index (κ2) is 11.8. The van der Waals surface area contributed by atoms with Crippen LogP contribution in [0.25, 0.3) is 0 Å². The zero-order valence-corrected chi connectivity index (χ0v) is 15.1. The first-order chi connectivity index (χ1) is 12.5. The number of hydrogen-bond donors (Lipinski definition) is 7. The first-order valence-corrected chi connectivity index (χ1v) is 8.16. The Kier molecular flexibility index (Phi) is 10.6. The largest absolute Gasteiger partial charge is 0.481 e. The molecule has 0 aromatic heterocycles. The van der Waals surface area contributed by atoms with Crippen LogP contribution in [-0.4, -0.2) is 76.3 Å². The number of nitrogens with one attached hydrogen (secondary N) is 3. The normalized spacial score (nSPS) is 14.0. The van der Waals surface area contributed by atoms with Gasteiger partial charge in [0.05, 0.1) is 25.6 Å².